The topological polar surface area (TPSA) is 86.2 Å². The standard InChI is InChI=1S/C24H24N2O4/c1-3-5-15-7-9-19-17(13-15)23(27)29-21(25-19)11-12-22-26-20-10-8-16(6-4-2)14-18(20)24(28)30-22/h7-10,13-14H,3-6,11-12H2,1-2H3. The monoisotopic (exact) mass is 404 g/mol. The number of hydrogen-bond donors (Lipinski definition) is 0. The number of fused-ring (bicyclic) bond motifs is 2. The van der Waals surface area contributed by atoms with Crippen LogP contribution in [0.3, 0.4) is 0 Å². The van der Waals surface area contributed by atoms with E-state index in [2.05, 4.69) is 23.8 Å². The molecule has 2 heterocycles. The van der Waals surface area contributed by atoms with Gasteiger partial charge in [0.15, 0.2) is 11.8 Å². The predicted octanol–water partition coefficient (Wildman–Crippen LogP) is 4.38. The minimum atomic E-state index is -0.399. The SMILES string of the molecule is CCCc1ccc2nc(CCc3nc4ccc(CCC)cc4c(=O)o3)oc(=O)c2c1. The maximum absolute atomic E-state index is 12.4. The molecule has 0 bridgehead atoms. The Labute approximate surface area is 173 Å². The minimum absolute atomic E-state index is 0.304. The van der Waals surface area contributed by atoms with Crippen LogP contribution in [0.25, 0.3) is 21.8 Å². The number of aryl methyl sites for hydroxylation is 4. The van der Waals surface area contributed by atoms with E-state index in [1.807, 2.05) is 36.4 Å². The van der Waals surface area contributed by atoms with Crippen molar-refractivity contribution in [1.29, 1.82) is 0 Å². The fourth-order valence-corrected chi connectivity index (χ4v) is 3.64. The molecule has 0 fully saturated rings. The average Bonchev–Trinajstić information content (AvgIpc) is 2.73. The van der Waals surface area contributed by atoms with E-state index < -0.39 is 11.3 Å². The molecule has 0 aliphatic carbocycles. The molecule has 0 saturated heterocycles. The molecule has 0 radical (unpaired) electrons. The van der Waals surface area contributed by atoms with Gasteiger partial charge in [-0.05, 0) is 48.2 Å². The van der Waals surface area contributed by atoms with E-state index in [1.54, 1.807) is 0 Å². The molecule has 0 aliphatic heterocycles. The molecule has 154 valence electrons. The zero-order chi connectivity index (χ0) is 21.1. The summed E-state index contributed by atoms with van der Waals surface area (Å²) >= 11 is 0. The number of hydrogen-bond acceptors (Lipinski definition) is 6. The largest absolute Gasteiger partial charge is 0.408 e. The van der Waals surface area contributed by atoms with Gasteiger partial charge in [-0.25, -0.2) is 19.6 Å². The molecule has 30 heavy (non-hydrogen) atoms. The lowest BCUT2D eigenvalue weighted by molar-refractivity contribution is 0.410. The Balaban J connectivity index is 1.58. The first-order valence-corrected chi connectivity index (χ1v) is 10.4. The quantitative estimate of drug-likeness (QED) is 0.454. The van der Waals surface area contributed by atoms with Gasteiger partial charge in [-0.2, -0.15) is 0 Å². The molecule has 0 unspecified atom stereocenters. The van der Waals surface area contributed by atoms with Crippen LogP contribution in [0.15, 0.2) is 54.8 Å². The Bertz CT molecular complexity index is 1220. The molecule has 6 heteroatoms. The Kier molecular flexibility index (Phi) is 5.74. The maximum atomic E-state index is 12.4. The Morgan fingerprint density at radius 3 is 1.50 bits per heavy atom. The smallest absolute Gasteiger partial charge is 0.346 e. The van der Waals surface area contributed by atoms with Gasteiger partial charge in [-0.3, -0.25) is 0 Å². The van der Waals surface area contributed by atoms with Crippen LogP contribution in [0, 0.1) is 0 Å². The maximum Gasteiger partial charge on any atom is 0.346 e. The van der Waals surface area contributed by atoms with Gasteiger partial charge in [0.1, 0.15) is 0 Å². The average molecular weight is 404 g/mol. The van der Waals surface area contributed by atoms with Crippen molar-refractivity contribution in [2.24, 2.45) is 0 Å². The van der Waals surface area contributed by atoms with Gasteiger partial charge in [0.25, 0.3) is 0 Å². The van der Waals surface area contributed by atoms with Crippen molar-refractivity contribution in [1.82, 2.24) is 9.97 Å². The van der Waals surface area contributed by atoms with Gasteiger partial charge in [0.2, 0.25) is 0 Å². The molecule has 0 saturated carbocycles. The van der Waals surface area contributed by atoms with Gasteiger partial charge in [0.05, 0.1) is 21.8 Å². The normalized spacial score (nSPS) is 11.4. The first-order valence-electron chi connectivity index (χ1n) is 10.4. The highest BCUT2D eigenvalue weighted by atomic mass is 16.4. The molecule has 4 rings (SSSR count). The summed E-state index contributed by atoms with van der Waals surface area (Å²) in [5.41, 5.74) is 2.61. The van der Waals surface area contributed by atoms with Crippen LogP contribution < -0.4 is 11.3 Å². The van der Waals surface area contributed by atoms with E-state index in [0.29, 0.717) is 46.4 Å². The molecular weight excluding hydrogens is 380 g/mol. The first kappa shape index (κ1) is 20.0. The molecule has 0 N–H and O–H groups in total. The van der Waals surface area contributed by atoms with Crippen molar-refractivity contribution in [3.8, 4) is 0 Å². The molecule has 0 aliphatic rings. The van der Waals surface area contributed by atoms with Crippen molar-refractivity contribution in [3.63, 3.8) is 0 Å². The van der Waals surface area contributed by atoms with Crippen LogP contribution in [0.2, 0.25) is 0 Å². The van der Waals surface area contributed by atoms with E-state index in [9.17, 15) is 9.59 Å². The second kappa shape index (κ2) is 8.61. The van der Waals surface area contributed by atoms with E-state index in [0.717, 1.165) is 36.8 Å². The summed E-state index contributed by atoms with van der Waals surface area (Å²) < 4.78 is 10.8. The van der Waals surface area contributed by atoms with E-state index >= 15 is 0 Å². The summed E-state index contributed by atoms with van der Waals surface area (Å²) in [5.74, 6) is 0.608. The van der Waals surface area contributed by atoms with E-state index in [-0.39, 0.29) is 0 Å². The van der Waals surface area contributed by atoms with Crippen molar-refractivity contribution >= 4 is 21.8 Å². The molecule has 6 nitrogen and oxygen atoms in total. The molecular formula is C24H24N2O4. The summed E-state index contributed by atoms with van der Waals surface area (Å²) in [4.78, 5) is 33.7. The van der Waals surface area contributed by atoms with Gasteiger partial charge in [-0.1, -0.05) is 38.8 Å². The number of nitrogens with zero attached hydrogens (tertiary/aromatic N) is 2. The van der Waals surface area contributed by atoms with Crippen molar-refractivity contribution in [2.75, 3.05) is 0 Å². The van der Waals surface area contributed by atoms with Crippen LogP contribution in [0.1, 0.15) is 49.6 Å². The van der Waals surface area contributed by atoms with Crippen molar-refractivity contribution < 1.29 is 8.83 Å². The van der Waals surface area contributed by atoms with Crippen LogP contribution in [-0.4, -0.2) is 9.97 Å². The van der Waals surface area contributed by atoms with Crippen LogP contribution in [0.5, 0.6) is 0 Å². The zero-order valence-corrected chi connectivity index (χ0v) is 17.2. The number of aromatic nitrogens is 2. The Morgan fingerprint density at radius 2 is 1.10 bits per heavy atom. The lowest BCUT2D eigenvalue weighted by Crippen LogP contribution is -2.09. The van der Waals surface area contributed by atoms with Crippen molar-refractivity contribution in [2.45, 2.75) is 52.4 Å². The predicted molar refractivity (Wildman–Crippen MR) is 116 cm³/mol. The Morgan fingerprint density at radius 1 is 0.667 bits per heavy atom. The molecule has 2 aromatic carbocycles. The fourth-order valence-electron chi connectivity index (χ4n) is 3.64. The van der Waals surface area contributed by atoms with Crippen molar-refractivity contribution in [3.05, 3.63) is 80.1 Å². The molecule has 0 spiro atoms. The third-order valence-electron chi connectivity index (χ3n) is 5.10. The molecule has 0 amide bonds. The number of benzene rings is 2. The highest BCUT2D eigenvalue weighted by molar-refractivity contribution is 5.78. The third-order valence-corrected chi connectivity index (χ3v) is 5.10. The highest BCUT2D eigenvalue weighted by Gasteiger charge is 2.11. The van der Waals surface area contributed by atoms with Gasteiger partial charge >= 0.3 is 11.3 Å². The van der Waals surface area contributed by atoms with Gasteiger partial charge in [0, 0.05) is 12.8 Å². The van der Waals surface area contributed by atoms with Gasteiger partial charge < -0.3 is 8.83 Å². The summed E-state index contributed by atoms with van der Waals surface area (Å²) in [6.45, 7) is 4.19. The second-order valence-electron chi connectivity index (χ2n) is 7.49. The zero-order valence-electron chi connectivity index (χ0n) is 17.2. The van der Waals surface area contributed by atoms with Crippen LogP contribution in [-0.2, 0) is 25.7 Å². The first-order chi connectivity index (χ1) is 14.6. The summed E-state index contributed by atoms with van der Waals surface area (Å²) in [6.07, 6.45) is 4.46. The lowest BCUT2D eigenvalue weighted by atomic mass is 10.1. The fraction of sp³-hybridized carbons (Fsp3) is 0.333. The molecule has 4 aromatic rings. The highest BCUT2D eigenvalue weighted by Crippen LogP contribution is 2.15. The van der Waals surface area contributed by atoms with E-state index in [1.165, 1.54) is 0 Å². The third kappa shape index (κ3) is 4.17. The summed E-state index contributed by atoms with van der Waals surface area (Å²) in [6, 6.07) is 11.4. The minimum Gasteiger partial charge on any atom is -0.408 e. The molecule has 2 aromatic heterocycles. The second-order valence-corrected chi connectivity index (χ2v) is 7.49. The van der Waals surface area contributed by atoms with Crippen LogP contribution in [0.4, 0.5) is 0 Å². The lowest BCUT2D eigenvalue weighted by Gasteiger charge is -2.05. The number of rotatable bonds is 7. The Hall–Kier alpha value is -3.28. The van der Waals surface area contributed by atoms with Crippen LogP contribution >= 0.6 is 0 Å². The van der Waals surface area contributed by atoms with E-state index in [4.69, 9.17) is 8.83 Å². The summed E-state index contributed by atoms with van der Waals surface area (Å²) in [5, 5.41) is 0.978. The van der Waals surface area contributed by atoms with Gasteiger partial charge in [-0.15, -0.1) is 0 Å². The molecule has 0 atom stereocenters. The summed E-state index contributed by atoms with van der Waals surface area (Å²) in [7, 11) is 0.